The molecule has 0 bridgehead atoms. The van der Waals surface area contributed by atoms with Crippen LogP contribution in [0.25, 0.3) is 0 Å². The second-order valence-electron chi connectivity index (χ2n) is 7.91. The van der Waals surface area contributed by atoms with Crippen molar-refractivity contribution in [3.8, 4) is 0 Å². The predicted molar refractivity (Wildman–Crippen MR) is 106 cm³/mol. The molecule has 7 nitrogen and oxygen atoms in total. The van der Waals surface area contributed by atoms with E-state index in [1.807, 2.05) is 26.0 Å². The Labute approximate surface area is 159 Å². The van der Waals surface area contributed by atoms with E-state index in [4.69, 9.17) is 0 Å². The van der Waals surface area contributed by atoms with Crippen LogP contribution < -0.4 is 15.8 Å². The normalized spacial score (nSPS) is 20.1. The van der Waals surface area contributed by atoms with Gasteiger partial charge in [-0.3, -0.25) is 4.79 Å². The van der Waals surface area contributed by atoms with Gasteiger partial charge in [0.15, 0.2) is 0 Å². The lowest BCUT2D eigenvalue weighted by Crippen LogP contribution is -2.45. The van der Waals surface area contributed by atoms with Crippen molar-refractivity contribution in [2.45, 2.75) is 64.0 Å². The standard InChI is InChI=1S/C20H28N6O/c1-14(2)26-20(27)11-10-19(24-26)25-12-4-3-5-16(25)13-21-18-9-8-17(22-23-18)15-6-7-15/h8-11,14-16H,3-7,12-13H2,1-2H3,(H,21,23). The Kier molecular flexibility index (Phi) is 5.09. The number of nitrogens with one attached hydrogen (secondary N) is 1. The minimum absolute atomic E-state index is 0.0496. The molecule has 4 rings (SSSR count). The van der Waals surface area contributed by atoms with Crippen LogP contribution in [0.15, 0.2) is 29.1 Å². The van der Waals surface area contributed by atoms with Crippen molar-refractivity contribution in [1.82, 2.24) is 20.0 Å². The fourth-order valence-electron chi connectivity index (χ4n) is 3.71. The molecule has 27 heavy (non-hydrogen) atoms. The van der Waals surface area contributed by atoms with E-state index in [2.05, 4.69) is 31.6 Å². The van der Waals surface area contributed by atoms with Crippen molar-refractivity contribution in [1.29, 1.82) is 0 Å². The highest BCUT2D eigenvalue weighted by molar-refractivity contribution is 5.41. The summed E-state index contributed by atoms with van der Waals surface area (Å²) in [6, 6.07) is 7.98. The van der Waals surface area contributed by atoms with E-state index in [9.17, 15) is 4.79 Å². The van der Waals surface area contributed by atoms with Gasteiger partial charge in [0, 0.05) is 31.1 Å². The van der Waals surface area contributed by atoms with Gasteiger partial charge in [-0.05, 0) is 64.2 Å². The second kappa shape index (κ2) is 7.66. The molecule has 2 aromatic heterocycles. The summed E-state index contributed by atoms with van der Waals surface area (Å²) >= 11 is 0. The SMILES string of the molecule is CC(C)n1nc(N2CCCCC2CNc2ccc(C3CC3)nn2)ccc1=O. The molecule has 1 saturated heterocycles. The summed E-state index contributed by atoms with van der Waals surface area (Å²) in [6.07, 6.45) is 5.94. The molecule has 1 saturated carbocycles. The van der Waals surface area contributed by atoms with Crippen molar-refractivity contribution < 1.29 is 0 Å². The number of hydrogen-bond donors (Lipinski definition) is 1. The maximum atomic E-state index is 12.0. The lowest BCUT2D eigenvalue weighted by molar-refractivity contribution is 0.451. The van der Waals surface area contributed by atoms with Gasteiger partial charge in [-0.2, -0.15) is 10.2 Å². The van der Waals surface area contributed by atoms with Crippen LogP contribution in [0.5, 0.6) is 0 Å². The van der Waals surface area contributed by atoms with E-state index < -0.39 is 0 Å². The van der Waals surface area contributed by atoms with Gasteiger partial charge in [0.05, 0.1) is 11.7 Å². The minimum atomic E-state index is -0.0496. The molecule has 2 aromatic rings. The van der Waals surface area contributed by atoms with Gasteiger partial charge in [0.25, 0.3) is 5.56 Å². The Balaban J connectivity index is 1.45. The Morgan fingerprint density at radius 3 is 2.67 bits per heavy atom. The third-order valence-electron chi connectivity index (χ3n) is 5.42. The van der Waals surface area contributed by atoms with Gasteiger partial charge in [-0.25, -0.2) is 4.68 Å². The van der Waals surface area contributed by atoms with E-state index >= 15 is 0 Å². The zero-order valence-electron chi connectivity index (χ0n) is 16.1. The van der Waals surface area contributed by atoms with Crippen LogP contribution in [-0.2, 0) is 0 Å². The number of hydrogen-bond acceptors (Lipinski definition) is 6. The number of anilines is 2. The molecule has 0 spiro atoms. The Morgan fingerprint density at radius 1 is 1.11 bits per heavy atom. The largest absolute Gasteiger partial charge is 0.367 e. The smallest absolute Gasteiger partial charge is 0.267 e. The van der Waals surface area contributed by atoms with Crippen LogP contribution in [0.2, 0.25) is 0 Å². The van der Waals surface area contributed by atoms with Gasteiger partial charge in [0.2, 0.25) is 0 Å². The Bertz CT molecular complexity index is 827. The van der Waals surface area contributed by atoms with Gasteiger partial charge in [-0.15, -0.1) is 5.10 Å². The first-order valence-corrected chi connectivity index (χ1v) is 10.1. The summed E-state index contributed by atoms with van der Waals surface area (Å²) < 4.78 is 1.57. The van der Waals surface area contributed by atoms with Crippen LogP contribution in [0, 0.1) is 0 Å². The predicted octanol–water partition coefficient (Wildman–Crippen LogP) is 2.96. The first-order chi connectivity index (χ1) is 13.1. The topological polar surface area (TPSA) is 75.9 Å². The summed E-state index contributed by atoms with van der Waals surface area (Å²) in [5.74, 6) is 2.33. The molecule has 0 radical (unpaired) electrons. The van der Waals surface area contributed by atoms with Gasteiger partial charge in [0.1, 0.15) is 11.6 Å². The molecular formula is C20H28N6O. The number of rotatable bonds is 6. The zero-order chi connectivity index (χ0) is 18.8. The van der Waals surface area contributed by atoms with Crippen molar-refractivity contribution >= 4 is 11.6 Å². The van der Waals surface area contributed by atoms with E-state index in [0.29, 0.717) is 12.0 Å². The summed E-state index contributed by atoms with van der Waals surface area (Å²) in [7, 11) is 0. The number of piperidine rings is 1. The first-order valence-electron chi connectivity index (χ1n) is 10.1. The van der Waals surface area contributed by atoms with Gasteiger partial charge in [-0.1, -0.05) is 0 Å². The van der Waals surface area contributed by atoms with Gasteiger partial charge >= 0.3 is 0 Å². The van der Waals surface area contributed by atoms with Crippen LogP contribution in [-0.4, -0.2) is 39.1 Å². The first kappa shape index (κ1) is 17.9. The van der Waals surface area contributed by atoms with Crippen LogP contribution in [0.4, 0.5) is 11.6 Å². The quantitative estimate of drug-likeness (QED) is 0.845. The highest BCUT2D eigenvalue weighted by Crippen LogP contribution is 2.38. The summed E-state index contributed by atoms with van der Waals surface area (Å²) in [5, 5.41) is 16.7. The molecule has 1 unspecified atom stereocenters. The third-order valence-corrected chi connectivity index (χ3v) is 5.42. The molecule has 2 fully saturated rings. The lowest BCUT2D eigenvalue weighted by atomic mass is 10.0. The number of aromatic nitrogens is 4. The Morgan fingerprint density at radius 2 is 1.96 bits per heavy atom. The molecule has 2 aliphatic rings. The summed E-state index contributed by atoms with van der Waals surface area (Å²) in [6.45, 7) is 5.72. The average molecular weight is 368 g/mol. The lowest BCUT2D eigenvalue weighted by Gasteiger charge is -2.37. The highest BCUT2D eigenvalue weighted by atomic mass is 16.1. The Hall–Kier alpha value is -2.44. The van der Waals surface area contributed by atoms with Crippen molar-refractivity contribution in [3.63, 3.8) is 0 Å². The van der Waals surface area contributed by atoms with E-state index in [1.54, 1.807) is 10.7 Å². The molecule has 7 heteroatoms. The minimum Gasteiger partial charge on any atom is -0.367 e. The van der Waals surface area contributed by atoms with Crippen LogP contribution in [0.1, 0.15) is 63.6 Å². The molecule has 3 heterocycles. The third kappa shape index (κ3) is 4.12. The fraction of sp³-hybridized carbons (Fsp3) is 0.600. The molecule has 1 aliphatic heterocycles. The summed E-state index contributed by atoms with van der Waals surface area (Å²) in [5.41, 5.74) is 1.06. The maximum absolute atomic E-state index is 12.0. The fourth-order valence-corrected chi connectivity index (χ4v) is 3.71. The molecule has 1 aliphatic carbocycles. The van der Waals surface area contributed by atoms with E-state index in [1.165, 1.54) is 19.3 Å². The van der Waals surface area contributed by atoms with E-state index in [-0.39, 0.29) is 11.6 Å². The number of nitrogens with zero attached hydrogens (tertiary/aromatic N) is 5. The zero-order valence-corrected chi connectivity index (χ0v) is 16.1. The molecule has 1 atom stereocenters. The van der Waals surface area contributed by atoms with Crippen molar-refractivity contribution in [2.24, 2.45) is 0 Å². The monoisotopic (exact) mass is 368 g/mol. The van der Waals surface area contributed by atoms with Crippen molar-refractivity contribution in [3.05, 3.63) is 40.3 Å². The molecule has 1 N–H and O–H groups in total. The molecule has 144 valence electrons. The maximum Gasteiger partial charge on any atom is 0.267 e. The highest BCUT2D eigenvalue weighted by Gasteiger charge is 2.26. The van der Waals surface area contributed by atoms with E-state index in [0.717, 1.165) is 43.3 Å². The molecule has 0 amide bonds. The molecule has 0 aromatic carbocycles. The van der Waals surface area contributed by atoms with Crippen molar-refractivity contribution in [2.75, 3.05) is 23.3 Å². The summed E-state index contributed by atoms with van der Waals surface area (Å²) in [4.78, 5) is 14.3. The van der Waals surface area contributed by atoms with Gasteiger partial charge < -0.3 is 10.2 Å². The second-order valence-corrected chi connectivity index (χ2v) is 7.91. The van der Waals surface area contributed by atoms with Crippen LogP contribution in [0.3, 0.4) is 0 Å². The molecular weight excluding hydrogens is 340 g/mol. The average Bonchev–Trinajstić information content (AvgIpc) is 3.53. The van der Waals surface area contributed by atoms with Crippen LogP contribution >= 0.6 is 0 Å².